The molecular formula is C20H26O4. The maximum Gasteiger partial charge on any atom is 0.511 e. The number of carbonyl (C=O) groups is 1. The maximum absolute atomic E-state index is 10.8. The van der Waals surface area contributed by atoms with Crippen LogP contribution < -0.4 is 4.74 Å². The van der Waals surface area contributed by atoms with Crippen molar-refractivity contribution in [1.82, 2.24) is 0 Å². The molecular weight excluding hydrogens is 304 g/mol. The number of hydrogen-bond acceptors (Lipinski definition) is 3. The second kappa shape index (κ2) is 5.76. The summed E-state index contributed by atoms with van der Waals surface area (Å²) in [5.41, 5.74) is 3.03. The molecule has 1 N–H and O–H groups in total. The Kier molecular flexibility index (Phi) is 3.83. The third kappa shape index (κ3) is 2.34. The van der Waals surface area contributed by atoms with Gasteiger partial charge in [0.1, 0.15) is 5.75 Å². The first-order valence-electron chi connectivity index (χ1n) is 9.09. The summed E-state index contributed by atoms with van der Waals surface area (Å²) in [6.07, 6.45) is 6.31. The molecule has 1 unspecified atom stereocenters. The highest BCUT2D eigenvalue weighted by Gasteiger charge is 2.54. The van der Waals surface area contributed by atoms with Gasteiger partial charge in [0.25, 0.3) is 0 Å². The minimum Gasteiger partial charge on any atom is -0.449 e. The molecule has 0 radical (unpaired) electrons. The Hall–Kier alpha value is -1.55. The highest BCUT2D eigenvalue weighted by Crippen LogP contribution is 2.61. The van der Waals surface area contributed by atoms with E-state index in [-0.39, 0.29) is 0 Å². The van der Waals surface area contributed by atoms with Gasteiger partial charge in [-0.3, -0.25) is 0 Å². The van der Waals surface area contributed by atoms with Crippen LogP contribution in [0.5, 0.6) is 5.75 Å². The fourth-order valence-electron chi connectivity index (χ4n) is 6.06. The molecule has 0 heterocycles. The lowest BCUT2D eigenvalue weighted by Crippen LogP contribution is -2.44. The summed E-state index contributed by atoms with van der Waals surface area (Å²) < 4.78 is 10.6. The summed E-state index contributed by atoms with van der Waals surface area (Å²) in [6, 6.07) is 5.85. The van der Waals surface area contributed by atoms with Crippen molar-refractivity contribution in [3.63, 3.8) is 0 Å². The Morgan fingerprint density at radius 3 is 2.83 bits per heavy atom. The number of ether oxygens (including phenoxy) is 2. The predicted octanol–water partition coefficient (Wildman–Crippen LogP) is 4.61. The molecule has 0 aromatic heterocycles. The molecule has 4 rings (SSSR count). The molecule has 130 valence electrons. The van der Waals surface area contributed by atoms with E-state index in [1.807, 2.05) is 19.2 Å². The molecule has 0 spiro atoms. The highest BCUT2D eigenvalue weighted by molar-refractivity contribution is 5.61. The van der Waals surface area contributed by atoms with E-state index in [1.54, 1.807) is 0 Å². The summed E-state index contributed by atoms with van der Waals surface area (Å²) in [5, 5.41) is 8.80. The summed E-state index contributed by atoms with van der Waals surface area (Å²) in [4.78, 5) is 10.8. The normalized spacial score (nSPS) is 37.2. The fourth-order valence-corrected chi connectivity index (χ4v) is 6.06. The van der Waals surface area contributed by atoms with Gasteiger partial charge in [-0.1, -0.05) is 13.0 Å². The lowest BCUT2D eigenvalue weighted by atomic mass is 9.55. The predicted molar refractivity (Wildman–Crippen MR) is 90.5 cm³/mol. The van der Waals surface area contributed by atoms with E-state index < -0.39 is 6.16 Å². The molecule has 0 amide bonds. The van der Waals surface area contributed by atoms with Crippen LogP contribution in [0.4, 0.5) is 4.79 Å². The van der Waals surface area contributed by atoms with Gasteiger partial charge in [0.2, 0.25) is 0 Å². The minimum absolute atomic E-state index is 0.333. The molecule has 2 saturated carbocycles. The lowest BCUT2D eigenvalue weighted by Gasteiger charge is -2.50. The van der Waals surface area contributed by atoms with Gasteiger partial charge < -0.3 is 14.6 Å². The van der Waals surface area contributed by atoms with Crippen LogP contribution in [-0.2, 0) is 11.2 Å². The minimum atomic E-state index is -1.24. The van der Waals surface area contributed by atoms with Crippen LogP contribution >= 0.6 is 0 Å². The van der Waals surface area contributed by atoms with Crippen LogP contribution in [0.25, 0.3) is 0 Å². The molecule has 4 nitrogen and oxygen atoms in total. The largest absolute Gasteiger partial charge is 0.511 e. The van der Waals surface area contributed by atoms with E-state index in [9.17, 15) is 4.79 Å². The molecule has 4 heteroatoms. The summed E-state index contributed by atoms with van der Waals surface area (Å²) in [6.45, 7) is 2.44. The van der Waals surface area contributed by atoms with Crippen LogP contribution in [0, 0.1) is 17.3 Å². The molecule has 0 aliphatic heterocycles. The topological polar surface area (TPSA) is 55.8 Å². The molecule has 3 aliphatic carbocycles. The monoisotopic (exact) mass is 330 g/mol. The molecule has 24 heavy (non-hydrogen) atoms. The molecule has 2 fully saturated rings. The van der Waals surface area contributed by atoms with Crippen molar-refractivity contribution in [2.24, 2.45) is 17.3 Å². The van der Waals surface area contributed by atoms with Gasteiger partial charge in [0, 0.05) is 7.11 Å². The van der Waals surface area contributed by atoms with Crippen molar-refractivity contribution in [3.05, 3.63) is 29.3 Å². The first-order chi connectivity index (χ1) is 11.5. The van der Waals surface area contributed by atoms with E-state index in [1.165, 1.54) is 43.2 Å². The highest BCUT2D eigenvalue weighted by atomic mass is 16.7. The number of methoxy groups -OCH3 is 1. The first kappa shape index (κ1) is 15.9. The number of benzene rings is 1. The van der Waals surface area contributed by atoms with Crippen molar-refractivity contribution in [1.29, 1.82) is 0 Å². The Morgan fingerprint density at radius 2 is 2.08 bits per heavy atom. The zero-order valence-corrected chi connectivity index (χ0v) is 14.5. The zero-order valence-electron chi connectivity index (χ0n) is 14.5. The Labute approximate surface area is 143 Å². The van der Waals surface area contributed by atoms with Gasteiger partial charge in [0.15, 0.2) is 0 Å². The third-order valence-corrected chi connectivity index (χ3v) is 7.10. The number of fused-ring (bicyclic) bond motifs is 5. The SMILES string of the molecule is COC1CC[C@H]2[C@@H]3CCc4cc(OC(=O)O)ccc4[C@H]3CC[C@]12C. The quantitative estimate of drug-likeness (QED) is 0.635. The molecule has 5 atom stereocenters. The van der Waals surface area contributed by atoms with Crippen LogP contribution in [0.2, 0.25) is 0 Å². The second-order valence-electron chi connectivity index (χ2n) is 7.99. The van der Waals surface area contributed by atoms with Crippen LogP contribution in [0.15, 0.2) is 18.2 Å². The van der Waals surface area contributed by atoms with Crippen molar-refractivity contribution in [3.8, 4) is 5.75 Å². The van der Waals surface area contributed by atoms with Gasteiger partial charge in [-0.05, 0) is 85.0 Å². The van der Waals surface area contributed by atoms with Crippen LogP contribution in [0.1, 0.15) is 56.1 Å². The van der Waals surface area contributed by atoms with Gasteiger partial charge in [-0.2, -0.15) is 0 Å². The number of rotatable bonds is 2. The van der Waals surface area contributed by atoms with E-state index >= 15 is 0 Å². The Morgan fingerprint density at radius 1 is 1.25 bits per heavy atom. The van der Waals surface area contributed by atoms with E-state index in [0.29, 0.717) is 23.2 Å². The average Bonchev–Trinajstić information content (AvgIpc) is 2.90. The van der Waals surface area contributed by atoms with Crippen molar-refractivity contribution in [2.45, 2.75) is 57.5 Å². The molecule has 1 aromatic rings. The Bertz CT molecular complexity index is 655. The summed E-state index contributed by atoms with van der Waals surface area (Å²) in [5.74, 6) is 2.55. The maximum atomic E-state index is 10.8. The summed E-state index contributed by atoms with van der Waals surface area (Å²) >= 11 is 0. The average molecular weight is 330 g/mol. The Balaban J connectivity index is 1.62. The van der Waals surface area contributed by atoms with Crippen molar-refractivity contribution >= 4 is 6.16 Å². The first-order valence-corrected chi connectivity index (χ1v) is 9.09. The fraction of sp³-hybridized carbons (Fsp3) is 0.650. The van der Waals surface area contributed by atoms with E-state index in [0.717, 1.165) is 18.3 Å². The number of aryl methyl sites for hydroxylation is 1. The smallest absolute Gasteiger partial charge is 0.449 e. The lowest BCUT2D eigenvalue weighted by molar-refractivity contribution is -0.0444. The van der Waals surface area contributed by atoms with Gasteiger partial charge in [-0.25, -0.2) is 4.79 Å². The van der Waals surface area contributed by atoms with E-state index in [4.69, 9.17) is 14.6 Å². The number of hydrogen-bond donors (Lipinski definition) is 1. The van der Waals surface area contributed by atoms with Crippen LogP contribution in [-0.4, -0.2) is 24.5 Å². The standard InChI is InChI=1S/C20H26O4/c1-20-10-9-15-14-6-4-13(24-19(21)22)11-12(14)3-5-16(15)17(20)7-8-18(20)23-2/h4,6,11,15-18H,3,5,7-10H2,1-2H3,(H,21,22)/t15-,16-,17+,18?,20+/m1/s1. The summed E-state index contributed by atoms with van der Waals surface area (Å²) in [7, 11) is 1.87. The van der Waals surface area contributed by atoms with Crippen LogP contribution in [0.3, 0.4) is 0 Å². The van der Waals surface area contributed by atoms with Crippen molar-refractivity contribution < 1.29 is 19.4 Å². The number of carboxylic acid groups (broad SMARTS) is 1. The molecule has 0 saturated heterocycles. The molecule has 3 aliphatic rings. The van der Waals surface area contributed by atoms with Gasteiger partial charge in [0.05, 0.1) is 6.10 Å². The van der Waals surface area contributed by atoms with E-state index in [2.05, 4.69) is 13.0 Å². The van der Waals surface area contributed by atoms with Gasteiger partial charge >= 0.3 is 6.16 Å². The third-order valence-electron chi connectivity index (χ3n) is 7.10. The molecule has 1 aromatic carbocycles. The van der Waals surface area contributed by atoms with Gasteiger partial charge in [-0.15, -0.1) is 0 Å². The zero-order chi connectivity index (χ0) is 16.9. The van der Waals surface area contributed by atoms with Crippen molar-refractivity contribution in [2.75, 3.05) is 7.11 Å². The molecule has 0 bridgehead atoms. The second-order valence-corrected chi connectivity index (χ2v) is 7.99.